The van der Waals surface area contributed by atoms with E-state index in [-0.39, 0.29) is 6.54 Å². The summed E-state index contributed by atoms with van der Waals surface area (Å²) < 4.78 is 6.27. The molecule has 0 fully saturated rings. The summed E-state index contributed by atoms with van der Waals surface area (Å²) in [6.45, 7) is 0.275. The Morgan fingerprint density at radius 2 is 2.58 bits per heavy atom. The molecule has 1 N–H and O–H groups in total. The Bertz CT molecular complexity index is 257. The van der Waals surface area contributed by atoms with Crippen molar-refractivity contribution < 1.29 is 14.6 Å². The first kappa shape index (κ1) is 8.96. The highest BCUT2D eigenvalue weighted by atomic mass is 16.6. The number of aliphatic hydroxyl groups is 1. The third-order valence-corrected chi connectivity index (χ3v) is 1.61. The molecule has 1 atom stereocenters. The highest BCUT2D eigenvalue weighted by molar-refractivity contribution is 5.72. The molecule has 0 radical (unpaired) electrons. The van der Waals surface area contributed by atoms with Crippen LogP contribution in [-0.2, 0) is 11.3 Å². The molecule has 1 heterocycles. The highest BCUT2D eigenvalue weighted by Crippen LogP contribution is 2.00. The van der Waals surface area contributed by atoms with Gasteiger partial charge in [-0.05, 0) is 12.1 Å². The molecule has 0 saturated carbocycles. The molecule has 0 aromatic carbocycles. The van der Waals surface area contributed by atoms with Crippen LogP contribution >= 0.6 is 0 Å². The maximum Gasteiger partial charge on any atom is 0.172 e. The van der Waals surface area contributed by atoms with E-state index in [1.165, 1.54) is 7.11 Å². The number of aliphatic hydroxyl groups excluding tert-OH is 1. The Kier molecular flexibility index (Phi) is 3.01. The Hall–Kier alpha value is -1.13. The van der Waals surface area contributed by atoms with Gasteiger partial charge in [0, 0.05) is 13.3 Å². The zero-order chi connectivity index (χ0) is 8.97. The molecule has 0 bridgehead atoms. The van der Waals surface area contributed by atoms with Gasteiger partial charge in [0.1, 0.15) is 0 Å². The van der Waals surface area contributed by atoms with E-state index < -0.39 is 6.29 Å². The van der Waals surface area contributed by atoms with Crippen LogP contribution in [0.5, 0.6) is 0 Å². The van der Waals surface area contributed by atoms with E-state index in [0.29, 0.717) is 5.69 Å². The first-order valence-corrected chi connectivity index (χ1v) is 3.59. The molecule has 12 heavy (non-hydrogen) atoms. The van der Waals surface area contributed by atoms with Gasteiger partial charge in [-0.15, -0.1) is 0 Å². The van der Waals surface area contributed by atoms with Crippen molar-refractivity contribution in [2.75, 3.05) is 7.11 Å². The zero-order valence-electron chi connectivity index (χ0n) is 6.80. The number of carbonyl (C=O) groups is 1. The van der Waals surface area contributed by atoms with E-state index in [9.17, 15) is 4.79 Å². The predicted molar refractivity (Wildman–Crippen MR) is 42.8 cm³/mol. The van der Waals surface area contributed by atoms with Crippen LogP contribution in [-0.4, -0.2) is 29.4 Å². The van der Waals surface area contributed by atoms with Gasteiger partial charge in [-0.3, -0.25) is 4.79 Å². The molecule has 4 heteroatoms. The van der Waals surface area contributed by atoms with Crippen LogP contribution in [0.25, 0.3) is 0 Å². The van der Waals surface area contributed by atoms with Crippen LogP contribution in [0.15, 0.2) is 18.3 Å². The predicted octanol–water partition coefficient (Wildman–Crippen LogP) is 0.265. The minimum atomic E-state index is -0.865. The maximum absolute atomic E-state index is 10.4. The number of nitrogens with zero attached hydrogens (tertiary/aromatic N) is 1. The quantitative estimate of drug-likeness (QED) is 0.519. The number of ether oxygens (including phenoxy) is 1. The molecular weight excluding hydrogens is 158 g/mol. The number of aromatic nitrogens is 1. The zero-order valence-corrected chi connectivity index (χ0v) is 6.80. The summed E-state index contributed by atoms with van der Waals surface area (Å²) in [6, 6.07) is 3.42. The molecule has 1 rings (SSSR count). The number of methoxy groups -OCH3 is 1. The topological polar surface area (TPSA) is 51.5 Å². The molecular formula is C8H11NO3. The Balaban J connectivity index is 2.67. The van der Waals surface area contributed by atoms with Crippen LogP contribution in [0, 0.1) is 0 Å². The van der Waals surface area contributed by atoms with Gasteiger partial charge >= 0.3 is 0 Å². The molecule has 0 aliphatic rings. The van der Waals surface area contributed by atoms with Crippen molar-refractivity contribution in [1.82, 2.24) is 4.57 Å². The Morgan fingerprint density at radius 3 is 3.17 bits per heavy atom. The van der Waals surface area contributed by atoms with Gasteiger partial charge in [-0.1, -0.05) is 0 Å². The summed E-state index contributed by atoms with van der Waals surface area (Å²) >= 11 is 0. The molecule has 0 aliphatic heterocycles. The van der Waals surface area contributed by atoms with Gasteiger partial charge in [0.05, 0.1) is 12.2 Å². The third kappa shape index (κ3) is 1.93. The van der Waals surface area contributed by atoms with Gasteiger partial charge in [0.2, 0.25) is 0 Å². The second-order valence-corrected chi connectivity index (χ2v) is 2.39. The highest BCUT2D eigenvalue weighted by Gasteiger charge is 2.04. The minimum Gasteiger partial charge on any atom is -0.366 e. The molecule has 66 valence electrons. The van der Waals surface area contributed by atoms with E-state index in [2.05, 4.69) is 4.74 Å². The monoisotopic (exact) mass is 169 g/mol. The van der Waals surface area contributed by atoms with Crippen molar-refractivity contribution >= 4 is 6.29 Å². The van der Waals surface area contributed by atoms with E-state index in [1.807, 2.05) is 0 Å². The molecule has 1 aromatic heterocycles. The van der Waals surface area contributed by atoms with Gasteiger partial charge in [0.25, 0.3) is 0 Å². The summed E-state index contributed by atoms with van der Waals surface area (Å²) in [5, 5.41) is 9.09. The fraction of sp³-hybridized carbons (Fsp3) is 0.375. The van der Waals surface area contributed by atoms with E-state index in [4.69, 9.17) is 5.11 Å². The van der Waals surface area contributed by atoms with Crippen molar-refractivity contribution in [3.05, 3.63) is 24.0 Å². The van der Waals surface area contributed by atoms with Gasteiger partial charge in [-0.25, -0.2) is 0 Å². The van der Waals surface area contributed by atoms with Crippen LogP contribution < -0.4 is 0 Å². The Labute approximate surface area is 70.4 Å². The molecule has 1 unspecified atom stereocenters. The van der Waals surface area contributed by atoms with Crippen molar-refractivity contribution in [1.29, 1.82) is 0 Å². The van der Waals surface area contributed by atoms with E-state index in [0.717, 1.165) is 6.29 Å². The number of aldehydes is 1. The third-order valence-electron chi connectivity index (χ3n) is 1.61. The summed E-state index contributed by atoms with van der Waals surface area (Å²) in [7, 11) is 1.41. The number of carbonyl (C=O) groups excluding carboxylic acids is 1. The average Bonchev–Trinajstić information content (AvgIpc) is 2.51. The van der Waals surface area contributed by atoms with Gasteiger partial charge < -0.3 is 14.4 Å². The molecule has 1 aromatic rings. The van der Waals surface area contributed by atoms with Crippen molar-refractivity contribution in [2.45, 2.75) is 12.8 Å². The van der Waals surface area contributed by atoms with Gasteiger partial charge in [0.15, 0.2) is 12.6 Å². The minimum absolute atomic E-state index is 0.275. The lowest BCUT2D eigenvalue weighted by Gasteiger charge is -2.10. The maximum atomic E-state index is 10.4. The molecule has 0 aliphatic carbocycles. The standard InChI is InChI=1S/C8H11NO3/c1-12-8(11)5-9-4-2-3-7(9)6-10/h2-4,6,8,11H,5H2,1H3. The van der Waals surface area contributed by atoms with Gasteiger partial charge in [-0.2, -0.15) is 0 Å². The summed E-state index contributed by atoms with van der Waals surface area (Å²) in [5.41, 5.74) is 0.533. The van der Waals surface area contributed by atoms with Crippen LogP contribution in [0.3, 0.4) is 0 Å². The van der Waals surface area contributed by atoms with E-state index in [1.54, 1.807) is 22.9 Å². The van der Waals surface area contributed by atoms with E-state index >= 15 is 0 Å². The first-order valence-electron chi connectivity index (χ1n) is 3.59. The molecule has 0 spiro atoms. The van der Waals surface area contributed by atoms with Crippen molar-refractivity contribution in [3.8, 4) is 0 Å². The fourth-order valence-corrected chi connectivity index (χ4v) is 0.943. The lowest BCUT2D eigenvalue weighted by molar-refractivity contribution is -0.0835. The lowest BCUT2D eigenvalue weighted by atomic mass is 10.4. The SMILES string of the molecule is COC(O)Cn1cccc1C=O. The largest absolute Gasteiger partial charge is 0.366 e. The second-order valence-electron chi connectivity index (χ2n) is 2.39. The van der Waals surface area contributed by atoms with Crippen LogP contribution in [0.4, 0.5) is 0 Å². The van der Waals surface area contributed by atoms with Crippen molar-refractivity contribution in [3.63, 3.8) is 0 Å². The lowest BCUT2D eigenvalue weighted by Crippen LogP contribution is -2.18. The second kappa shape index (κ2) is 4.04. The average molecular weight is 169 g/mol. The summed E-state index contributed by atoms with van der Waals surface area (Å²) in [4.78, 5) is 10.4. The smallest absolute Gasteiger partial charge is 0.172 e. The molecule has 4 nitrogen and oxygen atoms in total. The number of hydrogen-bond donors (Lipinski definition) is 1. The Morgan fingerprint density at radius 1 is 1.83 bits per heavy atom. The van der Waals surface area contributed by atoms with Crippen LogP contribution in [0.2, 0.25) is 0 Å². The number of rotatable bonds is 4. The molecule has 0 saturated heterocycles. The van der Waals surface area contributed by atoms with Crippen molar-refractivity contribution in [2.24, 2.45) is 0 Å². The summed E-state index contributed by atoms with van der Waals surface area (Å²) in [5.74, 6) is 0. The molecule has 0 amide bonds. The first-order chi connectivity index (χ1) is 5.77. The summed E-state index contributed by atoms with van der Waals surface area (Å²) in [6.07, 6.45) is 1.59. The van der Waals surface area contributed by atoms with Crippen LogP contribution in [0.1, 0.15) is 10.5 Å². The fourth-order valence-electron chi connectivity index (χ4n) is 0.943. The normalized spacial score (nSPS) is 12.8. The number of hydrogen-bond acceptors (Lipinski definition) is 3.